The Morgan fingerprint density at radius 3 is 2.86 bits per heavy atom. The minimum atomic E-state index is -0.391. The van der Waals surface area contributed by atoms with Gasteiger partial charge in [0.1, 0.15) is 5.69 Å². The SMILES string of the molecule is CN(CC(=O)NC(=O)c1ccc[nH]1)C1CCCCC1CN. The van der Waals surface area contributed by atoms with E-state index >= 15 is 0 Å². The zero-order valence-corrected chi connectivity index (χ0v) is 12.5. The zero-order valence-electron chi connectivity index (χ0n) is 12.5. The van der Waals surface area contributed by atoms with Crippen LogP contribution in [-0.2, 0) is 4.79 Å². The van der Waals surface area contributed by atoms with Gasteiger partial charge in [-0.25, -0.2) is 0 Å². The highest BCUT2D eigenvalue weighted by Crippen LogP contribution is 2.26. The van der Waals surface area contributed by atoms with Gasteiger partial charge in [0.05, 0.1) is 6.54 Å². The summed E-state index contributed by atoms with van der Waals surface area (Å²) < 4.78 is 0. The van der Waals surface area contributed by atoms with Gasteiger partial charge >= 0.3 is 0 Å². The van der Waals surface area contributed by atoms with Crippen LogP contribution in [0.1, 0.15) is 36.2 Å². The molecule has 1 aromatic rings. The largest absolute Gasteiger partial charge is 0.357 e. The summed E-state index contributed by atoms with van der Waals surface area (Å²) in [7, 11) is 1.93. The van der Waals surface area contributed by atoms with Crippen LogP contribution in [0.2, 0.25) is 0 Å². The number of imide groups is 1. The Hall–Kier alpha value is -1.66. The van der Waals surface area contributed by atoms with Gasteiger partial charge in [-0.05, 0) is 44.5 Å². The lowest BCUT2D eigenvalue weighted by atomic mass is 9.84. The molecule has 2 amide bonds. The van der Waals surface area contributed by atoms with Crippen molar-refractivity contribution in [1.29, 1.82) is 0 Å². The Balaban J connectivity index is 1.85. The molecule has 0 spiro atoms. The van der Waals surface area contributed by atoms with E-state index in [1.54, 1.807) is 18.3 Å². The van der Waals surface area contributed by atoms with Crippen molar-refractivity contribution in [2.75, 3.05) is 20.1 Å². The van der Waals surface area contributed by atoms with Crippen molar-refractivity contribution in [3.8, 4) is 0 Å². The van der Waals surface area contributed by atoms with Gasteiger partial charge < -0.3 is 10.7 Å². The standard InChI is InChI=1S/C15H24N4O2/c1-19(13-7-3-2-5-11(13)9-16)10-14(20)18-15(21)12-6-4-8-17-12/h4,6,8,11,13,17H,2-3,5,7,9-10,16H2,1H3,(H,18,20,21). The quantitative estimate of drug-likeness (QED) is 0.746. The van der Waals surface area contributed by atoms with Crippen LogP contribution in [0.25, 0.3) is 0 Å². The first-order valence-electron chi connectivity index (χ1n) is 7.49. The topological polar surface area (TPSA) is 91.2 Å². The fraction of sp³-hybridized carbons (Fsp3) is 0.600. The summed E-state index contributed by atoms with van der Waals surface area (Å²) in [5.41, 5.74) is 6.21. The van der Waals surface area contributed by atoms with Gasteiger partial charge in [-0.15, -0.1) is 0 Å². The first kappa shape index (κ1) is 15.7. The van der Waals surface area contributed by atoms with Crippen molar-refractivity contribution >= 4 is 11.8 Å². The molecule has 2 rings (SSSR count). The molecule has 0 saturated heterocycles. The van der Waals surface area contributed by atoms with Crippen LogP contribution < -0.4 is 11.1 Å². The summed E-state index contributed by atoms with van der Waals surface area (Å²) in [5.74, 6) is -0.230. The maximum absolute atomic E-state index is 12.0. The second-order valence-corrected chi connectivity index (χ2v) is 5.72. The van der Waals surface area contributed by atoms with Crippen LogP contribution in [0, 0.1) is 5.92 Å². The number of carbonyl (C=O) groups excluding carboxylic acids is 2. The Kier molecular flexibility index (Phi) is 5.52. The summed E-state index contributed by atoms with van der Waals surface area (Å²) in [4.78, 5) is 28.6. The average molecular weight is 292 g/mol. The normalized spacial score (nSPS) is 22.2. The number of rotatable bonds is 5. The Morgan fingerprint density at radius 2 is 2.19 bits per heavy atom. The number of nitrogens with zero attached hydrogens (tertiary/aromatic N) is 1. The number of hydrogen-bond acceptors (Lipinski definition) is 4. The van der Waals surface area contributed by atoms with Crippen LogP contribution in [-0.4, -0.2) is 47.9 Å². The van der Waals surface area contributed by atoms with Gasteiger partial charge in [-0.2, -0.15) is 0 Å². The van der Waals surface area contributed by atoms with Gasteiger partial charge in [0.15, 0.2) is 0 Å². The molecular formula is C15H24N4O2. The van der Waals surface area contributed by atoms with E-state index in [-0.39, 0.29) is 12.5 Å². The molecular weight excluding hydrogens is 268 g/mol. The monoisotopic (exact) mass is 292 g/mol. The number of amides is 2. The lowest BCUT2D eigenvalue weighted by molar-refractivity contribution is -0.121. The van der Waals surface area contributed by atoms with Gasteiger partial charge in [0.25, 0.3) is 5.91 Å². The maximum Gasteiger partial charge on any atom is 0.274 e. The molecule has 6 nitrogen and oxygen atoms in total. The number of carbonyl (C=O) groups is 2. The molecule has 1 heterocycles. The minimum Gasteiger partial charge on any atom is -0.357 e. The number of aromatic amines is 1. The third kappa shape index (κ3) is 4.15. The molecule has 0 aliphatic heterocycles. The molecule has 116 valence electrons. The molecule has 1 aliphatic carbocycles. The second kappa shape index (κ2) is 7.38. The van der Waals surface area contributed by atoms with Gasteiger partial charge in [0, 0.05) is 12.2 Å². The molecule has 1 aromatic heterocycles. The summed E-state index contributed by atoms with van der Waals surface area (Å²) in [6.07, 6.45) is 6.22. The predicted octanol–water partition coefficient (Wildman–Crippen LogP) is 0.720. The highest BCUT2D eigenvalue weighted by Gasteiger charge is 2.28. The second-order valence-electron chi connectivity index (χ2n) is 5.72. The number of nitrogens with two attached hydrogens (primary N) is 1. The minimum absolute atomic E-state index is 0.216. The van der Waals surface area contributed by atoms with Crippen molar-refractivity contribution in [2.24, 2.45) is 11.7 Å². The van der Waals surface area contributed by atoms with Crippen molar-refractivity contribution in [1.82, 2.24) is 15.2 Å². The lowest BCUT2D eigenvalue weighted by Crippen LogP contribution is -2.47. The lowest BCUT2D eigenvalue weighted by Gasteiger charge is -2.37. The van der Waals surface area contributed by atoms with Gasteiger partial charge in [0.2, 0.25) is 5.91 Å². The third-order valence-corrected chi connectivity index (χ3v) is 4.23. The Labute approximate surface area is 125 Å². The number of H-pyrrole nitrogens is 1. The molecule has 0 aromatic carbocycles. The van der Waals surface area contributed by atoms with Gasteiger partial charge in [-0.3, -0.25) is 19.8 Å². The molecule has 1 aliphatic rings. The molecule has 2 atom stereocenters. The van der Waals surface area contributed by atoms with Crippen LogP contribution in [0.5, 0.6) is 0 Å². The number of aromatic nitrogens is 1. The summed E-state index contributed by atoms with van der Waals surface area (Å²) in [5, 5.41) is 2.40. The smallest absolute Gasteiger partial charge is 0.274 e. The highest BCUT2D eigenvalue weighted by atomic mass is 16.2. The maximum atomic E-state index is 12.0. The average Bonchev–Trinajstić information content (AvgIpc) is 3.01. The van der Waals surface area contributed by atoms with E-state index in [1.165, 1.54) is 12.8 Å². The van der Waals surface area contributed by atoms with E-state index in [4.69, 9.17) is 5.73 Å². The molecule has 6 heteroatoms. The molecule has 21 heavy (non-hydrogen) atoms. The highest BCUT2D eigenvalue weighted by molar-refractivity contribution is 6.04. The van der Waals surface area contributed by atoms with E-state index in [9.17, 15) is 9.59 Å². The van der Waals surface area contributed by atoms with E-state index in [2.05, 4.69) is 10.3 Å². The Morgan fingerprint density at radius 1 is 1.43 bits per heavy atom. The summed E-state index contributed by atoms with van der Waals surface area (Å²) >= 11 is 0. The summed E-state index contributed by atoms with van der Waals surface area (Å²) in [6, 6.07) is 3.69. The van der Waals surface area contributed by atoms with E-state index in [1.807, 2.05) is 11.9 Å². The first-order chi connectivity index (χ1) is 10.1. The summed E-state index contributed by atoms with van der Waals surface area (Å²) in [6.45, 7) is 0.867. The van der Waals surface area contributed by atoms with E-state index in [0.29, 0.717) is 24.2 Å². The van der Waals surface area contributed by atoms with Gasteiger partial charge in [-0.1, -0.05) is 12.8 Å². The number of hydrogen-bond donors (Lipinski definition) is 3. The molecule has 2 unspecified atom stereocenters. The molecule has 1 fully saturated rings. The molecule has 0 bridgehead atoms. The van der Waals surface area contributed by atoms with Crippen molar-refractivity contribution < 1.29 is 9.59 Å². The molecule has 1 saturated carbocycles. The Bertz CT molecular complexity index is 472. The van der Waals surface area contributed by atoms with Crippen molar-refractivity contribution in [3.63, 3.8) is 0 Å². The predicted molar refractivity (Wildman–Crippen MR) is 80.7 cm³/mol. The third-order valence-electron chi connectivity index (χ3n) is 4.23. The first-order valence-corrected chi connectivity index (χ1v) is 7.49. The van der Waals surface area contributed by atoms with Crippen LogP contribution >= 0.6 is 0 Å². The number of nitrogens with one attached hydrogen (secondary N) is 2. The fourth-order valence-corrected chi connectivity index (χ4v) is 3.09. The van der Waals surface area contributed by atoms with E-state index < -0.39 is 5.91 Å². The van der Waals surface area contributed by atoms with Crippen LogP contribution in [0.4, 0.5) is 0 Å². The number of likely N-dealkylation sites (N-methyl/N-ethyl adjacent to an activating group) is 1. The fourth-order valence-electron chi connectivity index (χ4n) is 3.09. The zero-order chi connectivity index (χ0) is 15.2. The van der Waals surface area contributed by atoms with E-state index in [0.717, 1.165) is 12.8 Å². The van der Waals surface area contributed by atoms with Crippen molar-refractivity contribution in [3.05, 3.63) is 24.0 Å². The van der Waals surface area contributed by atoms with Crippen molar-refractivity contribution in [2.45, 2.75) is 31.7 Å². The van der Waals surface area contributed by atoms with Crippen LogP contribution in [0.15, 0.2) is 18.3 Å². The molecule has 0 radical (unpaired) electrons. The van der Waals surface area contributed by atoms with Crippen LogP contribution in [0.3, 0.4) is 0 Å². The molecule has 4 N–H and O–H groups in total.